The van der Waals surface area contributed by atoms with Crippen LogP contribution >= 0.6 is 0 Å². The van der Waals surface area contributed by atoms with E-state index in [0.717, 1.165) is 28.1 Å². The largest absolute Gasteiger partial charge is 0.307 e. The van der Waals surface area contributed by atoms with Crippen molar-refractivity contribution in [2.24, 2.45) is 4.99 Å². The van der Waals surface area contributed by atoms with Crippen LogP contribution in [0.15, 0.2) is 88.6 Å². The first-order valence-corrected chi connectivity index (χ1v) is 11.8. The summed E-state index contributed by atoms with van der Waals surface area (Å²) in [4.78, 5) is 4.90. The number of rotatable bonds is 8. The summed E-state index contributed by atoms with van der Waals surface area (Å²) in [6.45, 7) is 17.4. The maximum atomic E-state index is 13.5. The summed E-state index contributed by atoms with van der Waals surface area (Å²) in [5.41, 5.74) is 6.41. The van der Waals surface area contributed by atoms with Crippen LogP contribution in [-0.2, 0) is 0 Å². The van der Waals surface area contributed by atoms with Gasteiger partial charge in [-0.05, 0) is 50.5 Å². The maximum absolute atomic E-state index is 13.5. The van der Waals surface area contributed by atoms with Crippen LogP contribution in [0.3, 0.4) is 0 Å². The van der Waals surface area contributed by atoms with Gasteiger partial charge in [0.15, 0.2) is 0 Å². The van der Waals surface area contributed by atoms with Gasteiger partial charge in [-0.3, -0.25) is 4.99 Å². The number of alkyl halides is 1. The minimum absolute atomic E-state index is 0.476. The van der Waals surface area contributed by atoms with E-state index in [2.05, 4.69) is 49.5 Å². The molecule has 0 aromatic heterocycles. The molecule has 1 aromatic carbocycles. The molecule has 32 heavy (non-hydrogen) atoms. The van der Waals surface area contributed by atoms with Crippen molar-refractivity contribution in [1.29, 1.82) is 0 Å². The summed E-state index contributed by atoms with van der Waals surface area (Å²) < 4.78 is 13.5. The molecule has 0 heterocycles. The molecule has 1 unspecified atom stereocenters. The summed E-state index contributed by atoms with van der Waals surface area (Å²) in [5, 5.41) is 3.41. The minimum atomic E-state index is -0.871. The molecular weight excluding hydrogens is 395 g/mol. The predicted molar refractivity (Wildman–Crippen MR) is 142 cm³/mol. The molecule has 176 valence electrons. The smallest absolute Gasteiger partial charge is 0.122 e. The van der Waals surface area contributed by atoms with Crippen molar-refractivity contribution < 1.29 is 4.39 Å². The summed E-state index contributed by atoms with van der Waals surface area (Å²) >= 11 is 0. The average Bonchev–Trinajstić information content (AvgIpc) is 2.81. The Balaban J connectivity index is 0.00000227. The first kappa shape index (κ1) is 29.5. The minimum Gasteiger partial charge on any atom is -0.307 e. The van der Waals surface area contributed by atoms with E-state index >= 15 is 0 Å². The molecule has 1 aliphatic rings. The van der Waals surface area contributed by atoms with Crippen molar-refractivity contribution in [3.8, 4) is 0 Å². The lowest BCUT2D eigenvalue weighted by atomic mass is 10.1. The number of halogens is 1. The Kier molecular flexibility index (Phi) is 16.7. The molecule has 0 saturated carbocycles. The zero-order valence-corrected chi connectivity index (χ0v) is 21.4. The van der Waals surface area contributed by atoms with Gasteiger partial charge in [-0.1, -0.05) is 94.0 Å². The highest BCUT2D eigenvalue weighted by atomic mass is 19.1. The second-order valence-electron chi connectivity index (χ2n) is 7.08. The van der Waals surface area contributed by atoms with Crippen molar-refractivity contribution in [2.75, 3.05) is 13.1 Å². The Morgan fingerprint density at radius 3 is 2.34 bits per heavy atom. The zero-order chi connectivity index (χ0) is 24.4. The van der Waals surface area contributed by atoms with E-state index in [9.17, 15) is 4.39 Å². The average molecular weight is 439 g/mol. The molecule has 0 spiro atoms. The fourth-order valence-corrected chi connectivity index (χ4v) is 2.88. The summed E-state index contributed by atoms with van der Waals surface area (Å²) in [7, 11) is 0. The Bertz CT molecular complexity index is 821. The highest BCUT2D eigenvalue weighted by Crippen LogP contribution is 2.14. The molecule has 1 aliphatic carbocycles. The fraction of sp³-hybridized carbons (Fsp3) is 0.414. The maximum Gasteiger partial charge on any atom is 0.122 e. The Morgan fingerprint density at radius 1 is 1.09 bits per heavy atom. The van der Waals surface area contributed by atoms with Gasteiger partial charge in [0.05, 0.1) is 5.70 Å². The molecule has 2 rings (SSSR count). The number of hydrogen-bond donors (Lipinski definition) is 1. The van der Waals surface area contributed by atoms with E-state index < -0.39 is 6.17 Å². The van der Waals surface area contributed by atoms with E-state index in [0.29, 0.717) is 19.5 Å². The SMILES string of the molecule is CC.CC.C\C=C/C=C\C(C)=C(/CNCC1=CC(F)CC=C1)N=C(C)c1ccc(C)cc1. The van der Waals surface area contributed by atoms with Gasteiger partial charge >= 0.3 is 0 Å². The van der Waals surface area contributed by atoms with Crippen molar-refractivity contribution in [3.63, 3.8) is 0 Å². The Labute approximate surface area is 196 Å². The molecular formula is C29H43FN2. The number of nitrogens with zero attached hydrogens (tertiary/aromatic N) is 1. The number of aliphatic imine (C=N–C) groups is 1. The predicted octanol–water partition coefficient (Wildman–Crippen LogP) is 8.08. The van der Waals surface area contributed by atoms with Crippen molar-refractivity contribution in [1.82, 2.24) is 5.32 Å². The summed E-state index contributed by atoms with van der Waals surface area (Å²) in [6.07, 6.45) is 13.3. The zero-order valence-electron chi connectivity index (χ0n) is 21.4. The van der Waals surface area contributed by atoms with E-state index in [4.69, 9.17) is 4.99 Å². The molecule has 1 aromatic rings. The molecule has 0 saturated heterocycles. The standard InChI is InChI=1S/C25H31FN2.2C2H6/c1-5-6-7-9-20(3)25(18-27-17-22-10-8-11-24(26)16-22)28-21(4)23-14-12-19(2)13-15-23;2*1-2/h5-10,12-16,24,27H,11,17-18H2,1-4H3;2*1-2H3/b6-5-,9-7-,25-20+,28-21?;;. The first-order valence-electron chi connectivity index (χ1n) is 11.8. The number of benzene rings is 1. The molecule has 0 bridgehead atoms. The lowest BCUT2D eigenvalue weighted by molar-refractivity contribution is 0.399. The van der Waals surface area contributed by atoms with E-state index in [1.54, 1.807) is 6.08 Å². The molecule has 1 atom stereocenters. The van der Waals surface area contributed by atoms with Gasteiger partial charge in [-0.15, -0.1) is 0 Å². The second kappa shape index (κ2) is 18.1. The lowest BCUT2D eigenvalue weighted by Gasteiger charge is -2.13. The highest BCUT2D eigenvalue weighted by Gasteiger charge is 2.08. The molecule has 1 N–H and O–H groups in total. The first-order chi connectivity index (χ1) is 15.5. The van der Waals surface area contributed by atoms with Gasteiger partial charge in [-0.2, -0.15) is 0 Å². The van der Waals surface area contributed by atoms with Crippen LogP contribution in [0.1, 0.15) is 66.0 Å². The van der Waals surface area contributed by atoms with E-state index in [1.807, 2.05) is 71.9 Å². The second-order valence-corrected chi connectivity index (χ2v) is 7.08. The van der Waals surface area contributed by atoms with Crippen LogP contribution < -0.4 is 5.32 Å². The van der Waals surface area contributed by atoms with Crippen LogP contribution in [0.2, 0.25) is 0 Å². The van der Waals surface area contributed by atoms with Crippen molar-refractivity contribution in [2.45, 2.75) is 68.0 Å². The van der Waals surface area contributed by atoms with E-state index in [-0.39, 0.29) is 0 Å². The van der Waals surface area contributed by atoms with Crippen LogP contribution in [0.4, 0.5) is 4.39 Å². The summed E-state index contributed by atoms with van der Waals surface area (Å²) in [6, 6.07) is 8.40. The number of hydrogen-bond acceptors (Lipinski definition) is 2. The van der Waals surface area contributed by atoms with Crippen LogP contribution in [-0.4, -0.2) is 25.0 Å². The Hall–Kier alpha value is -2.52. The topological polar surface area (TPSA) is 24.4 Å². The molecule has 0 amide bonds. The third-order valence-electron chi connectivity index (χ3n) is 4.59. The quantitative estimate of drug-likeness (QED) is 0.322. The van der Waals surface area contributed by atoms with E-state index in [1.165, 1.54) is 5.56 Å². The van der Waals surface area contributed by atoms with Crippen LogP contribution in [0.5, 0.6) is 0 Å². The van der Waals surface area contributed by atoms with Gasteiger partial charge in [0.2, 0.25) is 0 Å². The third-order valence-corrected chi connectivity index (χ3v) is 4.59. The molecule has 3 heteroatoms. The van der Waals surface area contributed by atoms with Crippen LogP contribution in [0, 0.1) is 6.92 Å². The fourth-order valence-electron chi connectivity index (χ4n) is 2.88. The highest BCUT2D eigenvalue weighted by molar-refractivity contribution is 5.99. The van der Waals surface area contributed by atoms with Gasteiger partial charge < -0.3 is 5.32 Å². The van der Waals surface area contributed by atoms with Gasteiger partial charge in [0.25, 0.3) is 0 Å². The molecule has 0 fully saturated rings. The van der Waals surface area contributed by atoms with Crippen molar-refractivity contribution >= 4 is 5.71 Å². The number of nitrogens with one attached hydrogen (secondary N) is 1. The molecule has 0 aliphatic heterocycles. The lowest BCUT2D eigenvalue weighted by Crippen LogP contribution is -2.21. The van der Waals surface area contributed by atoms with Crippen molar-refractivity contribution in [3.05, 3.63) is 94.8 Å². The number of aryl methyl sites for hydroxylation is 1. The van der Waals surface area contributed by atoms with Gasteiger partial charge in [0.1, 0.15) is 6.17 Å². The Morgan fingerprint density at radius 2 is 1.75 bits per heavy atom. The molecule has 0 radical (unpaired) electrons. The van der Waals surface area contributed by atoms with Crippen LogP contribution in [0.25, 0.3) is 0 Å². The summed E-state index contributed by atoms with van der Waals surface area (Å²) in [5.74, 6) is 0. The monoisotopic (exact) mass is 438 g/mol. The third kappa shape index (κ3) is 11.8. The number of allylic oxidation sites excluding steroid dienone is 7. The van der Waals surface area contributed by atoms with Gasteiger partial charge in [-0.25, -0.2) is 4.39 Å². The molecule has 2 nitrogen and oxygen atoms in total. The van der Waals surface area contributed by atoms with Gasteiger partial charge in [0, 0.05) is 25.2 Å². The normalized spacial score (nSPS) is 16.7.